The van der Waals surface area contributed by atoms with E-state index in [-0.39, 0.29) is 42.5 Å². The van der Waals surface area contributed by atoms with Crippen molar-refractivity contribution >= 4 is 45.9 Å². The SMILES string of the molecule is CNC(=O)COc1cc2cc(Nc3nc(N4C[C@H](CO)N[C@H](C)C4)ncc3Cl)ccc2n(C)c1=O. The van der Waals surface area contributed by atoms with Crippen LogP contribution in [-0.2, 0) is 11.8 Å². The Kier molecular flexibility index (Phi) is 7.39. The first-order valence-electron chi connectivity index (χ1n) is 11.2. The summed E-state index contributed by atoms with van der Waals surface area (Å²) in [5, 5.41) is 19.7. The molecule has 11 nitrogen and oxygen atoms in total. The molecule has 0 unspecified atom stereocenters. The van der Waals surface area contributed by atoms with Crippen LogP contribution in [0.5, 0.6) is 5.75 Å². The predicted molar refractivity (Wildman–Crippen MR) is 135 cm³/mol. The molecule has 3 heterocycles. The van der Waals surface area contributed by atoms with Gasteiger partial charge in [0.05, 0.1) is 18.3 Å². The molecule has 4 rings (SSSR count). The van der Waals surface area contributed by atoms with Crippen LogP contribution in [0, 0.1) is 0 Å². The molecule has 1 aliphatic heterocycles. The van der Waals surface area contributed by atoms with E-state index in [9.17, 15) is 14.7 Å². The fraction of sp³-hybridized carbons (Fsp3) is 0.391. The number of carbonyl (C=O) groups is 1. The van der Waals surface area contributed by atoms with E-state index in [1.54, 1.807) is 25.4 Å². The molecular formula is C23H28ClN7O4. The summed E-state index contributed by atoms with van der Waals surface area (Å²) < 4.78 is 6.90. The highest BCUT2D eigenvalue weighted by atomic mass is 35.5. The molecule has 4 N–H and O–H groups in total. The molecule has 35 heavy (non-hydrogen) atoms. The van der Waals surface area contributed by atoms with E-state index >= 15 is 0 Å². The van der Waals surface area contributed by atoms with E-state index in [1.165, 1.54) is 11.6 Å². The van der Waals surface area contributed by atoms with Gasteiger partial charge in [-0.05, 0) is 31.2 Å². The number of aliphatic hydroxyl groups excluding tert-OH is 1. The number of aromatic nitrogens is 3. The van der Waals surface area contributed by atoms with Crippen molar-refractivity contribution in [1.82, 2.24) is 25.2 Å². The fourth-order valence-electron chi connectivity index (χ4n) is 4.04. The molecule has 2 aromatic heterocycles. The molecule has 0 radical (unpaired) electrons. The average molecular weight is 502 g/mol. The standard InChI is InChI=1S/C23H28ClN7O4/c1-13-9-31(10-16(11-32)27-13)23-26-8-17(24)21(29-23)28-15-4-5-18-14(6-15)7-19(22(34)30(18)3)35-12-20(33)25-2/h4-8,13,16,27,32H,9-12H2,1-3H3,(H,25,33)(H,26,28,29)/t13-,16-/m1/s1. The van der Waals surface area contributed by atoms with Crippen LogP contribution >= 0.6 is 11.6 Å². The minimum atomic E-state index is -0.336. The highest BCUT2D eigenvalue weighted by Gasteiger charge is 2.25. The van der Waals surface area contributed by atoms with Gasteiger partial charge >= 0.3 is 0 Å². The Morgan fingerprint density at radius 1 is 1.34 bits per heavy atom. The van der Waals surface area contributed by atoms with Crippen LogP contribution in [0.25, 0.3) is 10.9 Å². The number of likely N-dealkylation sites (N-methyl/N-ethyl adjacent to an activating group) is 1. The Balaban J connectivity index is 1.61. The van der Waals surface area contributed by atoms with Gasteiger partial charge < -0.3 is 35.3 Å². The number of piperazine rings is 1. The number of aryl methyl sites for hydroxylation is 1. The lowest BCUT2D eigenvalue weighted by molar-refractivity contribution is -0.122. The third-order valence-electron chi connectivity index (χ3n) is 5.78. The quantitative estimate of drug-likeness (QED) is 0.374. The fourth-order valence-corrected chi connectivity index (χ4v) is 4.18. The number of carbonyl (C=O) groups excluding carboxylic acids is 1. The Labute approximate surface area is 207 Å². The van der Waals surface area contributed by atoms with Crippen LogP contribution in [0.3, 0.4) is 0 Å². The molecule has 12 heteroatoms. The minimum Gasteiger partial charge on any atom is -0.478 e. The van der Waals surface area contributed by atoms with Gasteiger partial charge in [-0.1, -0.05) is 11.6 Å². The summed E-state index contributed by atoms with van der Waals surface area (Å²) in [5.41, 5.74) is 1.06. The third-order valence-corrected chi connectivity index (χ3v) is 6.06. The monoisotopic (exact) mass is 501 g/mol. The first-order chi connectivity index (χ1) is 16.8. The van der Waals surface area contributed by atoms with Crippen molar-refractivity contribution in [3.05, 3.63) is 45.8 Å². The number of nitrogens with one attached hydrogen (secondary N) is 3. The summed E-state index contributed by atoms with van der Waals surface area (Å²) in [6.45, 7) is 3.08. The van der Waals surface area contributed by atoms with Crippen LogP contribution < -0.4 is 31.1 Å². The van der Waals surface area contributed by atoms with Gasteiger partial charge in [-0.2, -0.15) is 4.98 Å². The number of hydrogen-bond donors (Lipinski definition) is 4. The summed E-state index contributed by atoms with van der Waals surface area (Å²) in [7, 11) is 3.14. The molecule has 0 saturated carbocycles. The molecule has 1 fully saturated rings. The lowest BCUT2D eigenvalue weighted by Gasteiger charge is -2.37. The Morgan fingerprint density at radius 2 is 2.14 bits per heavy atom. The highest BCUT2D eigenvalue weighted by molar-refractivity contribution is 6.32. The van der Waals surface area contributed by atoms with Crippen LogP contribution in [0.2, 0.25) is 5.02 Å². The first-order valence-corrected chi connectivity index (χ1v) is 11.6. The van der Waals surface area contributed by atoms with Crippen molar-refractivity contribution in [2.45, 2.75) is 19.0 Å². The zero-order valence-corrected chi connectivity index (χ0v) is 20.5. The molecule has 0 bridgehead atoms. The second-order valence-corrected chi connectivity index (χ2v) is 8.86. The molecule has 0 aliphatic carbocycles. The van der Waals surface area contributed by atoms with E-state index in [1.807, 2.05) is 24.0 Å². The topological polar surface area (TPSA) is 134 Å². The number of halogens is 1. The van der Waals surface area contributed by atoms with Crippen molar-refractivity contribution < 1.29 is 14.6 Å². The average Bonchev–Trinajstić information content (AvgIpc) is 2.85. The van der Waals surface area contributed by atoms with E-state index < -0.39 is 0 Å². The maximum absolute atomic E-state index is 12.6. The van der Waals surface area contributed by atoms with Crippen molar-refractivity contribution in [3.63, 3.8) is 0 Å². The summed E-state index contributed by atoms with van der Waals surface area (Å²) in [6, 6.07) is 7.18. The van der Waals surface area contributed by atoms with Gasteiger partial charge in [0, 0.05) is 50.3 Å². The number of ether oxygens (including phenoxy) is 1. The molecule has 2 atom stereocenters. The number of rotatable bonds is 7. The van der Waals surface area contributed by atoms with E-state index in [2.05, 4.69) is 25.9 Å². The van der Waals surface area contributed by atoms with Crippen LogP contribution in [0.4, 0.5) is 17.5 Å². The smallest absolute Gasteiger partial charge is 0.293 e. The van der Waals surface area contributed by atoms with Gasteiger partial charge in [-0.25, -0.2) is 4.98 Å². The van der Waals surface area contributed by atoms with Gasteiger partial charge in [0.15, 0.2) is 18.2 Å². The number of amides is 1. The van der Waals surface area contributed by atoms with Crippen molar-refractivity contribution in [2.75, 3.05) is 43.6 Å². The molecule has 1 saturated heterocycles. The molecule has 1 aliphatic rings. The van der Waals surface area contributed by atoms with Crippen LogP contribution in [-0.4, -0.2) is 71.0 Å². The van der Waals surface area contributed by atoms with Gasteiger partial charge in [-0.15, -0.1) is 0 Å². The number of benzene rings is 1. The zero-order chi connectivity index (χ0) is 25.1. The van der Waals surface area contributed by atoms with Crippen molar-refractivity contribution in [2.24, 2.45) is 7.05 Å². The van der Waals surface area contributed by atoms with Crippen LogP contribution in [0.15, 0.2) is 35.3 Å². The number of aliphatic hydroxyl groups is 1. The normalized spacial score (nSPS) is 17.9. The number of pyridine rings is 1. The lowest BCUT2D eigenvalue weighted by atomic mass is 10.1. The van der Waals surface area contributed by atoms with Gasteiger partial charge in [-0.3, -0.25) is 9.59 Å². The zero-order valence-electron chi connectivity index (χ0n) is 19.7. The second-order valence-electron chi connectivity index (χ2n) is 8.45. The van der Waals surface area contributed by atoms with E-state index in [0.29, 0.717) is 41.1 Å². The molecule has 1 aromatic carbocycles. The molecule has 186 valence electrons. The summed E-state index contributed by atoms with van der Waals surface area (Å²) in [6.07, 6.45) is 1.54. The largest absolute Gasteiger partial charge is 0.478 e. The number of anilines is 3. The third kappa shape index (κ3) is 5.47. The first kappa shape index (κ1) is 24.7. The maximum Gasteiger partial charge on any atom is 0.293 e. The van der Waals surface area contributed by atoms with Gasteiger partial charge in [0.2, 0.25) is 5.95 Å². The number of hydrogen-bond acceptors (Lipinski definition) is 9. The summed E-state index contributed by atoms with van der Waals surface area (Å²) in [5.74, 6) is 0.691. The number of fused-ring (bicyclic) bond motifs is 1. The van der Waals surface area contributed by atoms with Gasteiger partial charge in [0.25, 0.3) is 11.5 Å². The molecule has 0 spiro atoms. The molecular weight excluding hydrogens is 474 g/mol. The Hall–Kier alpha value is -3.41. The summed E-state index contributed by atoms with van der Waals surface area (Å²) >= 11 is 6.38. The van der Waals surface area contributed by atoms with Crippen LogP contribution in [0.1, 0.15) is 6.92 Å². The number of nitrogens with zero attached hydrogens (tertiary/aromatic N) is 4. The predicted octanol–water partition coefficient (Wildman–Crippen LogP) is 1.01. The van der Waals surface area contributed by atoms with E-state index in [0.717, 1.165) is 5.39 Å². The molecule has 1 amide bonds. The Bertz CT molecular complexity index is 1300. The lowest BCUT2D eigenvalue weighted by Crippen LogP contribution is -2.57. The minimum absolute atomic E-state index is 0.0218. The molecule has 3 aromatic rings. The van der Waals surface area contributed by atoms with E-state index in [4.69, 9.17) is 16.3 Å². The maximum atomic E-state index is 12.6. The van der Waals surface area contributed by atoms with Crippen molar-refractivity contribution in [3.8, 4) is 5.75 Å². The van der Waals surface area contributed by atoms with Crippen molar-refractivity contribution in [1.29, 1.82) is 0 Å². The highest BCUT2D eigenvalue weighted by Crippen LogP contribution is 2.28. The second kappa shape index (κ2) is 10.5. The summed E-state index contributed by atoms with van der Waals surface area (Å²) in [4.78, 5) is 35.1. The van der Waals surface area contributed by atoms with Gasteiger partial charge in [0.1, 0.15) is 5.02 Å². The Morgan fingerprint density at radius 3 is 2.89 bits per heavy atom.